The Bertz CT molecular complexity index is 1040. The molecule has 140 valence electrons. The second kappa shape index (κ2) is 8.03. The van der Waals surface area contributed by atoms with Gasteiger partial charge in [-0.2, -0.15) is 5.10 Å². The van der Waals surface area contributed by atoms with E-state index in [1.807, 2.05) is 37.3 Å². The molecular weight excluding hydrogens is 342 g/mol. The number of aromatic nitrogens is 2. The highest BCUT2D eigenvalue weighted by molar-refractivity contribution is 5.88. The number of benzene rings is 2. The molecule has 0 fully saturated rings. The first-order chi connectivity index (χ1) is 13.0. The van der Waals surface area contributed by atoms with Crippen LogP contribution in [0.15, 0.2) is 47.3 Å². The van der Waals surface area contributed by atoms with Gasteiger partial charge in [-0.3, -0.25) is 9.59 Å². The van der Waals surface area contributed by atoms with Crippen LogP contribution in [0, 0.1) is 6.92 Å². The van der Waals surface area contributed by atoms with Crippen LogP contribution in [0.2, 0.25) is 0 Å². The van der Waals surface area contributed by atoms with Crippen molar-refractivity contribution in [3.63, 3.8) is 0 Å². The normalized spacial score (nSPS) is 10.8. The van der Waals surface area contributed by atoms with Gasteiger partial charge in [-0.25, -0.2) is 4.68 Å². The minimum atomic E-state index is -0.165. The van der Waals surface area contributed by atoms with Crippen LogP contribution in [0.5, 0.6) is 5.75 Å². The summed E-state index contributed by atoms with van der Waals surface area (Å²) in [5.41, 5.74) is 2.64. The second-order valence-corrected chi connectivity index (χ2v) is 6.51. The van der Waals surface area contributed by atoms with Gasteiger partial charge < -0.3 is 10.1 Å². The average molecular weight is 365 g/mol. The molecule has 0 aliphatic carbocycles. The summed E-state index contributed by atoms with van der Waals surface area (Å²) < 4.78 is 6.65. The lowest BCUT2D eigenvalue weighted by molar-refractivity contribution is -0.120. The number of amides is 1. The lowest BCUT2D eigenvalue weighted by Gasteiger charge is -2.11. The molecule has 27 heavy (non-hydrogen) atoms. The van der Waals surface area contributed by atoms with Crippen LogP contribution in [0.1, 0.15) is 16.8 Å². The fourth-order valence-corrected chi connectivity index (χ4v) is 3.16. The molecule has 1 heterocycles. The first-order valence-electron chi connectivity index (χ1n) is 8.84. The first kappa shape index (κ1) is 18.6. The van der Waals surface area contributed by atoms with Crippen LogP contribution >= 0.6 is 0 Å². The van der Waals surface area contributed by atoms with Gasteiger partial charge in [0, 0.05) is 19.0 Å². The molecule has 1 amide bonds. The van der Waals surface area contributed by atoms with Crippen LogP contribution in [0.25, 0.3) is 10.8 Å². The van der Waals surface area contributed by atoms with Gasteiger partial charge in [0.2, 0.25) is 5.91 Å². The number of methoxy groups -OCH3 is 1. The van der Waals surface area contributed by atoms with E-state index >= 15 is 0 Å². The van der Waals surface area contributed by atoms with Gasteiger partial charge in [0.05, 0.1) is 24.6 Å². The molecule has 6 heteroatoms. The fourth-order valence-electron chi connectivity index (χ4n) is 3.16. The molecular formula is C21H23N3O3. The summed E-state index contributed by atoms with van der Waals surface area (Å²) in [6, 6.07) is 13.2. The van der Waals surface area contributed by atoms with Crippen molar-refractivity contribution in [1.82, 2.24) is 15.1 Å². The molecule has 2 aromatic carbocycles. The zero-order valence-corrected chi connectivity index (χ0v) is 15.8. The highest BCUT2D eigenvalue weighted by Crippen LogP contribution is 2.19. The van der Waals surface area contributed by atoms with Crippen molar-refractivity contribution in [2.75, 3.05) is 13.7 Å². The molecule has 6 nitrogen and oxygen atoms in total. The molecule has 0 aliphatic heterocycles. The Kier molecular flexibility index (Phi) is 5.54. The van der Waals surface area contributed by atoms with Crippen LogP contribution in [0.3, 0.4) is 0 Å². The van der Waals surface area contributed by atoms with Gasteiger partial charge in [0.1, 0.15) is 5.75 Å². The maximum absolute atomic E-state index is 12.4. The number of aryl methyl sites for hydroxylation is 2. The van der Waals surface area contributed by atoms with Crippen LogP contribution in [-0.4, -0.2) is 29.3 Å². The number of fused-ring (bicyclic) bond motifs is 1. The maximum Gasteiger partial charge on any atom is 0.274 e. The number of carbonyl (C=O) groups is 1. The number of nitrogens with one attached hydrogen (secondary N) is 1. The quantitative estimate of drug-likeness (QED) is 0.726. The third-order valence-corrected chi connectivity index (χ3v) is 4.51. The van der Waals surface area contributed by atoms with E-state index < -0.39 is 0 Å². The van der Waals surface area contributed by atoms with E-state index in [-0.39, 0.29) is 17.9 Å². The fraction of sp³-hybridized carbons (Fsp3) is 0.286. The minimum absolute atomic E-state index is 0.125. The Hall–Kier alpha value is -3.15. The minimum Gasteiger partial charge on any atom is -0.496 e. The average Bonchev–Trinajstić information content (AvgIpc) is 2.66. The van der Waals surface area contributed by atoms with Crippen molar-refractivity contribution < 1.29 is 9.53 Å². The summed E-state index contributed by atoms with van der Waals surface area (Å²) in [4.78, 5) is 24.6. The third-order valence-electron chi connectivity index (χ3n) is 4.51. The number of hydrogen-bond acceptors (Lipinski definition) is 4. The van der Waals surface area contributed by atoms with Gasteiger partial charge in [0.25, 0.3) is 5.56 Å². The summed E-state index contributed by atoms with van der Waals surface area (Å²) in [5.74, 6) is 0.693. The molecule has 0 aliphatic rings. The van der Waals surface area contributed by atoms with Crippen molar-refractivity contribution in [1.29, 1.82) is 0 Å². The maximum atomic E-state index is 12.4. The molecule has 0 saturated carbocycles. The van der Waals surface area contributed by atoms with Crippen molar-refractivity contribution >= 4 is 16.7 Å². The van der Waals surface area contributed by atoms with E-state index in [2.05, 4.69) is 16.5 Å². The van der Waals surface area contributed by atoms with Crippen molar-refractivity contribution in [2.45, 2.75) is 19.8 Å². The molecule has 1 N–H and O–H groups in total. The van der Waals surface area contributed by atoms with Gasteiger partial charge in [-0.1, -0.05) is 35.9 Å². The number of carbonyl (C=O) groups excluding carboxylic acids is 1. The van der Waals surface area contributed by atoms with Crippen molar-refractivity contribution in [3.05, 3.63) is 69.6 Å². The zero-order valence-electron chi connectivity index (χ0n) is 15.8. The van der Waals surface area contributed by atoms with Gasteiger partial charge in [-0.15, -0.1) is 0 Å². The highest BCUT2D eigenvalue weighted by Gasteiger charge is 2.12. The van der Waals surface area contributed by atoms with Gasteiger partial charge >= 0.3 is 0 Å². The van der Waals surface area contributed by atoms with Gasteiger partial charge in [-0.05, 0) is 31.0 Å². The van der Waals surface area contributed by atoms with Crippen molar-refractivity contribution in [2.24, 2.45) is 7.05 Å². The van der Waals surface area contributed by atoms with E-state index in [1.54, 1.807) is 20.2 Å². The Morgan fingerprint density at radius 2 is 1.93 bits per heavy atom. The van der Waals surface area contributed by atoms with Crippen LogP contribution < -0.4 is 15.6 Å². The zero-order chi connectivity index (χ0) is 19.4. The summed E-state index contributed by atoms with van der Waals surface area (Å²) in [6.45, 7) is 2.53. The summed E-state index contributed by atoms with van der Waals surface area (Å²) in [6.07, 6.45) is 0.803. The Labute approximate surface area is 157 Å². The van der Waals surface area contributed by atoms with E-state index in [0.29, 0.717) is 24.0 Å². The lowest BCUT2D eigenvalue weighted by Crippen LogP contribution is -2.29. The third kappa shape index (κ3) is 4.16. The summed E-state index contributed by atoms with van der Waals surface area (Å²) in [5, 5.41) is 8.49. The van der Waals surface area contributed by atoms with E-state index in [0.717, 1.165) is 22.3 Å². The predicted octanol–water partition coefficient (Wildman–Crippen LogP) is 2.15. The topological polar surface area (TPSA) is 73.2 Å². The second-order valence-electron chi connectivity index (χ2n) is 6.51. The molecule has 0 bridgehead atoms. The highest BCUT2D eigenvalue weighted by atomic mass is 16.5. The molecule has 0 radical (unpaired) electrons. The number of ether oxygens (including phenoxy) is 1. The molecule has 0 atom stereocenters. The molecule has 0 spiro atoms. The number of rotatable bonds is 6. The van der Waals surface area contributed by atoms with E-state index in [9.17, 15) is 9.59 Å². The molecule has 0 unspecified atom stereocenters. The van der Waals surface area contributed by atoms with E-state index in [1.165, 1.54) is 4.68 Å². The lowest BCUT2D eigenvalue weighted by atomic mass is 10.1. The summed E-state index contributed by atoms with van der Waals surface area (Å²) >= 11 is 0. The number of hydrogen-bond donors (Lipinski definition) is 1. The predicted molar refractivity (Wildman–Crippen MR) is 105 cm³/mol. The Balaban J connectivity index is 1.69. The Morgan fingerprint density at radius 3 is 2.67 bits per heavy atom. The standard InChI is InChI=1S/C21H23N3O3/c1-14-8-9-19(27-3)15(12-14)10-11-22-20(25)13-18-16-6-4-5-7-17(16)21(26)24(2)23-18/h4-9,12H,10-11,13H2,1-3H3,(H,22,25). The Morgan fingerprint density at radius 1 is 1.19 bits per heavy atom. The monoisotopic (exact) mass is 365 g/mol. The van der Waals surface area contributed by atoms with Crippen LogP contribution in [-0.2, 0) is 24.7 Å². The van der Waals surface area contributed by atoms with E-state index in [4.69, 9.17) is 4.74 Å². The molecule has 3 rings (SSSR count). The molecule has 1 aromatic heterocycles. The van der Waals surface area contributed by atoms with Gasteiger partial charge in [0.15, 0.2) is 0 Å². The molecule has 3 aromatic rings. The largest absolute Gasteiger partial charge is 0.496 e. The smallest absolute Gasteiger partial charge is 0.274 e. The van der Waals surface area contributed by atoms with Crippen molar-refractivity contribution in [3.8, 4) is 5.75 Å². The molecule has 0 saturated heterocycles. The van der Waals surface area contributed by atoms with Crippen LogP contribution in [0.4, 0.5) is 0 Å². The first-order valence-corrected chi connectivity index (χ1v) is 8.84. The SMILES string of the molecule is COc1ccc(C)cc1CCNC(=O)Cc1nn(C)c(=O)c2ccccc12. The number of nitrogens with zero attached hydrogens (tertiary/aromatic N) is 2. The summed E-state index contributed by atoms with van der Waals surface area (Å²) in [7, 11) is 3.24.